The average molecular weight is 287 g/mol. The third-order valence-corrected chi connectivity index (χ3v) is 2.54. The molecular weight excluding hydrogens is 272 g/mol. The van der Waals surface area contributed by atoms with Crippen molar-refractivity contribution in [2.75, 3.05) is 14.2 Å². The predicted octanol–water partition coefficient (Wildman–Crippen LogP) is 2.54. The molecule has 0 heterocycles. The molecule has 0 saturated carbocycles. The van der Waals surface area contributed by atoms with E-state index >= 15 is 0 Å². The smallest absolute Gasteiger partial charge is 0.311 e. The van der Waals surface area contributed by atoms with E-state index < -0.39 is 11.2 Å². The molecule has 0 aliphatic heterocycles. The highest BCUT2D eigenvalue weighted by Gasteiger charge is 2.11. The molecule has 0 fully saturated rings. The fourth-order valence-corrected chi connectivity index (χ4v) is 1.54. The monoisotopic (exact) mass is 286 g/mol. The number of methoxy groups -OCH3 is 2. The van der Waals surface area contributed by atoms with Crippen LogP contribution in [-0.2, 0) is 9.59 Å². The maximum absolute atomic E-state index is 11.6. The van der Waals surface area contributed by atoms with Gasteiger partial charge >= 0.3 is 5.97 Å². The molecule has 0 spiro atoms. The van der Waals surface area contributed by atoms with Crippen LogP contribution in [0.2, 0.25) is 0 Å². The summed E-state index contributed by atoms with van der Waals surface area (Å²) < 4.78 is 15.3. The van der Waals surface area contributed by atoms with E-state index in [1.807, 2.05) is 0 Å². The molecule has 0 bridgehead atoms. The minimum Gasteiger partial charge on any atom is -0.497 e. The zero-order chi connectivity index (χ0) is 14.3. The topological polar surface area (TPSA) is 61.8 Å². The molecule has 0 aliphatic carbocycles. The van der Waals surface area contributed by atoms with Crippen molar-refractivity contribution >= 4 is 22.8 Å². The standard InChI is InChI=1S/C13H15ClO5/c1-17-9-6-7-10(11(8-9)18-2)19-13(16)5-3-4-12(14)15/h6-8H,3-5H2,1-2H3. The molecular formula is C13H15ClO5. The van der Waals surface area contributed by atoms with Crippen LogP contribution in [0.3, 0.4) is 0 Å². The quantitative estimate of drug-likeness (QED) is 0.438. The lowest BCUT2D eigenvalue weighted by molar-refractivity contribution is -0.134. The summed E-state index contributed by atoms with van der Waals surface area (Å²) in [6.07, 6.45) is 0.629. The Balaban J connectivity index is 2.60. The van der Waals surface area contributed by atoms with Gasteiger partial charge in [0.2, 0.25) is 5.24 Å². The van der Waals surface area contributed by atoms with Crippen molar-refractivity contribution in [3.8, 4) is 17.2 Å². The zero-order valence-electron chi connectivity index (χ0n) is 10.8. The number of carbonyl (C=O) groups excluding carboxylic acids is 2. The summed E-state index contributed by atoms with van der Waals surface area (Å²) >= 11 is 5.18. The normalized spacial score (nSPS) is 9.84. The summed E-state index contributed by atoms with van der Waals surface area (Å²) in [5.41, 5.74) is 0. The van der Waals surface area contributed by atoms with Crippen LogP contribution in [0.5, 0.6) is 17.2 Å². The highest BCUT2D eigenvalue weighted by molar-refractivity contribution is 6.63. The van der Waals surface area contributed by atoms with Crippen LogP contribution in [0.15, 0.2) is 18.2 Å². The molecule has 1 aromatic carbocycles. The highest BCUT2D eigenvalue weighted by Crippen LogP contribution is 2.31. The zero-order valence-corrected chi connectivity index (χ0v) is 11.5. The van der Waals surface area contributed by atoms with Gasteiger partial charge in [0.1, 0.15) is 5.75 Å². The maximum Gasteiger partial charge on any atom is 0.311 e. The Kier molecular flexibility index (Phi) is 6.15. The van der Waals surface area contributed by atoms with Crippen molar-refractivity contribution in [2.45, 2.75) is 19.3 Å². The fraction of sp³-hybridized carbons (Fsp3) is 0.385. The first-order valence-electron chi connectivity index (χ1n) is 5.68. The van der Waals surface area contributed by atoms with Crippen LogP contribution in [0, 0.1) is 0 Å². The van der Waals surface area contributed by atoms with Gasteiger partial charge in [-0.3, -0.25) is 9.59 Å². The van der Waals surface area contributed by atoms with Crippen LogP contribution in [0.4, 0.5) is 0 Å². The number of rotatable bonds is 7. The van der Waals surface area contributed by atoms with Crippen LogP contribution < -0.4 is 14.2 Å². The first-order chi connectivity index (χ1) is 9.06. The van der Waals surface area contributed by atoms with Gasteiger partial charge in [-0.25, -0.2) is 0 Å². The molecule has 0 N–H and O–H groups in total. The first-order valence-corrected chi connectivity index (χ1v) is 6.05. The summed E-state index contributed by atoms with van der Waals surface area (Å²) in [5, 5.41) is -0.463. The number of hydrogen-bond acceptors (Lipinski definition) is 5. The van der Waals surface area contributed by atoms with Gasteiger partial charge in [-0.2, -0.15) is 0 Å². The lowest BCUT2D eigenvalue weighted by Gasteiger charge is -2.10. The number of hydrogen-bond donors (Lipinski definition) is 0. The molecule has 1 rings (SSSR count). The molecule has 0 saturated heterocycles. The second kappa shape index (κ2) is 7.63. The first kappa shape index (κ1) is 15.3. The van der Waals surface area contributed by atoms with Gasteiger partial charge in [0, 0.05) is 18.9 Å². The van der Waals surface area contributed by atoms with E-state index in [1.54, 1.807) is 18.2 Å². The van der Waals surface area contributed by atoms with Crippen LogP contribution in [0.1, 0.15) is 19.3 Å². The minimum absolute atomic E-state index is 0.119. The predicted molar refractivity (Wildman–Crippen MR) is 69.9 cm³/mol. The average Bonchev–Trinajstić information content (AvgIpc) is 2.38. The third-order valence-electron chi connectivity index (χ3n) is 2.35. The summed E-state index contributed by atoms with van der Waals surface area (Å²) in [7, 11) is 3.00. The summed E-state index contributed by atoms with van der Waals surface area (Å²) in [5.74, 6) is 0.873. The molecule has 0 radical (unpaired) electrons. The van der Waals surface area contributed by atoms with Gasteiger partial charge in [-0.15, -0.1) is 0 Å². The Bertz CT molecular complexity index is 458. The molecule has 0 unspecified atom stereocenters. The SMILES string of the molecule is COc1ccc(OC(=O)CCCC(=O)Cl)c(OC)c1. The van der Waals surface area contributed by atoms with E-state index in [-0.39, 0.29) is 12.8 Å². The van der Waals surface area contributed by atoms with E-state index in [9.17, 15) is 9.59 Å². The van der Waals surface area contributed by atoms with Crippen molar-refractivity contribution in [2.24, 2.45) is 0 Å². The Morgan fingerprint density at radius 3 is 2.42 bits per heavy atom. The lowest BCUT2D eigenvalue weighted by atomic mass is 10.2. The van der Waals surface area contributed by atoms with Gasteiger partial charge in [-0.05, 0) is 30.2 Å². The van der Waals surface area contributed by atoms with E-state index in [0.29, 0.717) is 23.7 Å². The number of carbonyl (C=O) groups is 2. The van der Waals surface area contributed by atoms with Crippen molar-refractivity contribution < 1.29 is 23.8 Å². The van der Waals surface area contributed by atoms with Crippen molar-refractivity contribution in [3.05, 3.63) is 18.2 Å². The van der Waals surface area contributed by atoms with E-state index in [0.717, 1.165) is 0 Å². The minimum atomic E-state index is -0.463. The van der Waals surface area contributed by atoms with Crippen molar-refractivity contribution in [1.29, 1.82) is 0 Å². The van der Waals surface area contributed by atoms with Crippen LogP contribution in [-0.4, -0.2) is 25.4 Å². The molecule has 0 atom stereocenters. The largest absolute Gasteiger partial charge is 0.497 e. The summed E-state index contributed by atoms with van der Waals surface area (Å²) in [6.45, 7) is 0. The van der Waals surface area contributed by atoms with Crippen molar-refractivity contribution in [3.63, 3.8) is 0 Å². The Hall–Kier alpha value is -1.75. The Morgan fingerprint density at radius 1 is 1.11 bits per heavy atom. The van der Waals surface area contributed by atoms with E-state index in [2.05, 4.69) is 0 Å². The second-order valence-corrected chi connectivity index (χ2v) is 4.12. The fourth-order valence-electron chi connectivity index (χ4n) is 1.40. The molecule has 5 nitrogen and oxygen atoms in total. The number of esters is 1. The van der Waals surface area contributed by atoms with E-state index in [1.165, 1.54) is 14.2 Å². The van der Waals surface area contributed by atoms with E-state index in [4.69, 9.17) is 25.8 Å². The summed E-state index contributed by atoms with van der Waals surface area (Å²) in [6, 6.07) is 4.86. The molecule has 0 aromatic heterocycles. The highest BCUT2D eigenvalue weighted by atomic mass is 35.5. The van der Waals surface area contributed by atoms with Crippen LogP contribution >= 0.6 is 11.6 Å². The Labute approximate surface area is 116 Å². The van der Waals surface area contributed by atoms with Crippen molar-refractivity contribution in [1.82, 2.24) is 0 Å². The van der Waals surface area contributed by atoms with Gasteiger partial charge in [0.05, 0.1) is 14.2 Å². The van der Waals surface area contributed by atoms with Gasteiger partial charge in [0.25, 0.3) is 0 Å². The molecule has 0 amide bonds. The van der Waals surface area contributed by atoms with Gasteiger partial charge in [-0.1, -0.05) is 0 Å². The van der Waals surface area contributed by atoms with Crippen LogP contribution in [0.25, 0.3) is 0 Å². The number of benzene rings is 1. The maximum atomic E-state index is 11.6. The molecule has 1 aromatic rings. The molecule has 19 heavy (non-hydrogen) atoms. The number of halogens is 1. The van der Waals surface area contributed by atoms with Gasteiger partial charge in [0.15, 0.2) is 11.5 Å². The molecule has 6 heteroatoms. The summed E-state index contributed by atoms with van der Waals surface area (Å²) in [4.78, 5) is 22.1. The molecule has 0 aliphatic rings. The van der Waals surface area contributed by atoms with Gasteiger partial charge < -0.3 is 14.2 Å². The molecule has 104 valence electrons. The third kappa shape index (κ3) is 5.18. The number of ether oxygens (including phenoxy) is 3. The Morgan fingerprint density at radius 2 is 1.84 bits per heavy atom. The second-order valence-electron chi connectivity index (χ2n) is 3.70. The lowest BCUT2D eigenvalue weighted by Crippen LogP contribution is -2.09.